The summed E-state index contributed by atoms with van der Waals surface area (Å²) >= 11 is 0. The van der Waals surface area contributed by atoms with Crippen LogP contribution in [-0.4, -0.2) is 0 Å². The van der Waals surface area contributed by atoms with Crippen molar-refractivity contribution in [3.63, 3.8) is 0 Å². The van der Waals surface area contributed by atoms with Crippen LogP contribution in [-0.2, 0) is 5.41 Å². The molecule has 0 unspecified atom stereocenters. The molecule has 0 aliphatic carbocycles. The van der Waals surface area contributed by atoms with Gasteiger partial charge in [0.1, 0.15) is 0 Å². The van der Waals surface area contributed by atoms with Crippen molar-refractivity contribution in [1.29, 1.82) is 0 Å². The molecule has 2 aromatic rings. The van der Waals surface area contributed by atoms with Crippen LogP contribution in [0.3, 0.4) is 0 Å². The Balaban J connectivity index is 2.88. The lowest BCUT2D eigenvalue weighted by Gasteiger charge is -2.24. The van der Waals surface area contributed by atoms with Crippen LogP contribution in [0.1, 0.15) is 37.5 Å². The second kappa shape index (κ2) is 3.62. The van der Waals surface area contributed by atoms with E-state index in [1.165, 1.54) is 27.5 Å². The van der Waals surface area contributed by atoms with Gasteiger partial charge < -0.3 is 0 Å². The van der Waals surface area contributed by atoms with Crippen LogP contribution in [0.4, 0.5) is 0 Å². The van der Waals surface area contributed by atoms with E-state index in [1.807, 2.05) is 0 Å². The maximum atomic E-state index is 2.31. The molecule has 0 saturated carbocycles. The Morgan fingerprint density at radius 1 is 0.875 bits per heavy atom. The van der Waals surface area contributed by atoms with Crippen LogP contribution >= 0.6 is 0 Å². The zero-order valence-electron chi connectivity index (χ0n) is 10.9. The average Bonchev–Trinajstić information content (AvgIpc) is 2.14. The number of rotatable bonds is 0. The molecule has 0 bridgehead atoms. The lowest BCUT2D eigenvalue weighted by molar-refractivity contribution is 0.592. The molecule has 0 heteroatoms. The zero-order chi connectivity index (χ0) is 11.9. The standard InChI is InChI=1S/C16H20/c1-11-6-8-13-9-7-12(2)15(14(13)10-11)16(3,4)5/h6-10H,1-5H3. The molecule has 0 spiro atoms. The molecule has 0 saturated heterocycles. The molecule has 0 heterocycles. The summed E-state index contributed by atoms with van der Waals surface area (Å²) in [6.45, 7) is 11.2. The fourth-order valence-corrected chi connectivity index (χ4v) is 2.54. The summed E-state index contributed by atoms with van der Waals surface area (Å²) in [6.07, 6.45) is 0. The lowest BCUT2D eigenvalue weighted by atomic mass is 9.80. The van der Waals surface area contributed by atoms with Crippen LogP contribution in [0, 0.1) is 13.8 Å². The van der Waals surface area contributed by atoms with E-state index >= 15 is 0 Å². The lowest BCUT2D eigenvalue weighted by Crippen LogP contribution is -2.13. The van der Waals surface area contributed by atoms with Crippen LogP contribution in [0.5, 0.6) is 0 Å². The fourth-order valence-electron chi connectivity index (χ4n) is 2.54. The molecule has 0 aliphatic heterocycles. The smallest absolute Gasteiger partial charge is 0.0123 e. The third kappa shape index (κ3) is 1.84. The van der Waals surface area contributed by atoms with Gasteiger partial charge in [-0.25, -0.2) is 0 Å². The number of benzene rings is 2. The summed E-state index contributed by atoms with van der Waals surface area (Å²) in [4.78, 5) is 0. The molecule has 0 aromatic heterocycles. The predicted molar refractivity (Wildman–Crippen MR) is 72.1 cm³/mol. The first kappa shape index (κ1) is 11.2. The first-order chi connectivity index (χ1) is 7.39. The summed E-state index contributed by atoms with van der Waals surface area (Å²) in [6, 6.07) is 11.2. The molecule has 2 rings (SSSR count). The quantitative estimate of drug-likeness (QED) is 0.591. The SMILES string of the molecule is Cc1ccc2ccc(C)c(C(C)(C)C)c2c1. The third-order valence-corrected chi connectivity index (χ3v) is 3.14. The van der Waals surface area contributed by atoms with Crippen molar-refractivity contribution in [2.45, 2.75) is 40.0 Å². The van der Waals surface area contributed by atoms with Gasteiger partial charge in [0.2, 0.25) is 0 Å². The Morgan fingerprint density at radius 3 is 2.12 bits per heavy atom. The van der Waals surface area contributed by atoms with Gasteiger partial charge in [0.05, 0.1) is 0 Å². The Hall–Kier alpha value is -1.30. The van der Waals surface area contributed by atoms with Crippen molar-refractivity contribution >= 4 is 10.8 Å². The van der Waals surface area contributed by atoms with E-state index in [9.17, 15) is 0 Å². The van der Waals surface area contributed by atoms with Crippen molar-refractivity contribution in [3.8, 4) is 0 Å². The highest BCUT2D eigenvalue weighted by Crippen LogP contribution is 2.33. The molecule has 16 heavy (non-hydrogen) atoms. The van der Waals surface area contributed by atoms with Gasteiger partial charge in [0.25, 0.3) is 0 Å². The van der Waals surface area contributed by atoms with E-state index in [-0.39, 0.29) is 5.41 Å². The van der Waals surface area contributed by atoms with Gasteiger partial charge in [-0.2, -0.15) is 0 Å². The first-order valence-electron chi connectivity index (χ1n) is 5.90. The minimum atomic E-state index is 0.206. The van der Waals surface area contributed by atoms with Gasteiger partial charge >= 0.3 is 0 Å². The molecule has 0 amide bonds. The van der Waals surface area contributed by atoms with Crippen molar-refractivity contribution in [1.82, 2.24) is 0 Å². The summed E-state index contributed by atoms with van der Waals surface area (Å²) in [5.41, 5.74) is 4.42. The molecule has 0 atom stereocenters. The molecule has 0 radical (unpaired) electrons. The van der Waals surface area contributed by atoms with E-state index in [1.54, 1.807) is 0 Å². The number of aryl methyl sites for hydroxylation is 2. The Labute approximate surface area is 98.3 Å². The third-order valence-electron chi connectivity index (χ3n) is 3.14. The molecule has 0 fully saturated rings. The summed E-state index contributed by atoms with van der Waals surface area (Å²) < 4.78 is 0. The van der Waals surface area contributed by atoms with Gasteiger partial charge in [0.15, 0.2) is 0 Å². The zero-order valence-corrected chi connectivity index (χ0v) is 10.9. The average molecular weight is 212 g/mol. The van der Waals surface area contributed by atoms with E-state index in [2.05, 4.69) is 65.0 Å². The van der Waals surface area contributed by atoms with Crippen LogP contribution in [0.15, 0.2) is 30.3 Å². The second-order valence-corrected chi connectivity index (χ2v) is 5.73. The normalized spacial score (nSPS) is 12.1. The van der Waals surface area contributed by atoms with Crippen molar-refractivity contribution in [2.24, 2.45) is 0 Å². The highest BCUT2D eigenvalue weighted by atomic mass is 14.2. The number of fused-ring (bicyclic) bond motifs is 1. The summed E-state index contributed by atoms with van der Waals surface area (Å²) in [5.74, 6) is 0. The van der Waals surface area contributed by atoms with Crippen molar-refractivity contribution < 1.29 is 0 Å². The van der Waals surface area contributed by atoms with Gasteiger partial charge in [-0.1, -0.05) is 56.7 Å². The second-order valence-electron chi connectivity index (χ2n) is 5.73. The highest BCUT2D eigenvalue weighted by molar-refractivity contribution is 5.88. The van der Waals surface area contributed by atoms with Gasteiger partial charge in [-0.15, -0.1) is 0 Å². The first-order valence-corrected chi connectivity index (χ1v) is 5.90. The monoisotopic (exact) mass is 212 g/mol. The van der Waals surface area contributed by atoms with Crippen LogP contribution in [0.25, 0.3) is 10.8 Å². The summed E-state index contributed by atoms with van der Waals surface area (Å²) in [5, 5.41) is 2.76. The maximum Gasteiger partial charge on any atom is -0.0123 e. The minimum absolute atomic E-state index is 0.206. The molecule has 0 aliphatic rings. The van der Waals surface area contributed by atoms with Crippen molar-refractivity contribution in [3.05, 3.63) is 47.0 Å². The van der Waals surface area contributed by atoms with Gasteiger partial charge in [-0.05, 0) is 41.2 Å². The largest absolute Gasteiger partial charge is 0.0587 e. The molecule has 0 N–H and O–H groups in total. The van der Waals surface area contributed by atoms with E-state index in [4.69, 9.17) is 0 Å². The van der Waals surface area contributed by atoms with E-state index in [0.29, 0.717) is 0 Å². The maximum absolute atomic E-state index is 2.31. The van der Waals surface area contributed by atoms with Crippen molar-refractivity contribution in [2.75, 3.05) is 0 Å². The number of hydrogen-bond donors (Lipinski definition) is 0. The van der Waals surface area contributed by atoms with Gasteiger partial charge in [-0.3, -0.25) is 0 Å². The molecular weight excluding hydrogens is 192 g/mol. The fraction of sp³-hybridized carbons (Fsp3) is 0.375. The Bertz CT molecular complexity index is 522. The topological polar surface area (TPSA) is 0 Å². The molecule has 84 valence electrons. The minimum Gasteiger partial charge on any atom is -0.0587 e. The number of hydrogen-bond acceptors (Lipinski definition) is 0. The summed E-state index contributed by atoms with van der Waals surface area (Å²) in [7, 11) is 0. The van der Waals surface area contributed by atoms with Gasteiger partial charge in [0, 0.05) is 0 Å². The molecular formula is C16H20. The molecule has 0 nitrogen and oxygen atoms in total. The molecule has 2 aromatic carbocycles. The Morgan fingerprint density at radius 2 is 1.50 bits per heavy atom. The Kier molecular flexibility index (Phi) is 2.53. The van der Waals surface area contributed by atoms with E-state index in [0.717, 1.165) is 0 Å². The predicted octanol–water partition coefficient (Wildman–Crippen LogP) is 4.75. The van der Waals surface area contributed by atoms with Crippen LogP contribution < -0.4 is 0 Å². The van der Waals surface area contributed by atoms with Crippen LogP contribution in [0.2, 0.25) is 0 Å². The van der Waals surface area contributed by atoms with E-state index < -0.39 is 0 Å². The highest BCUT2D eigenvalue weighted by Gasteiger charge is 2.18.